The second-order valence-corrected chi connectivity index (χ2v) is 6.66. The molecule has 0 aliphatic heterocycles. The lowest BCUT2D eigenvalue weighted by Gasteiger charge is -2.23. The monoisotopic (exact) mass is 334 g/mol. The van der Waals surface area contributed by atoms with Gasteiger partial charge in [0.2, 0.25) is 5.91 Å². The number of carbonyl (C=O) groups is 1. The lowest BCUT2D eigenvalue weighted by Crippen LogP contribution is -2.39. The van der Waals surface area contributed by atoms with Crippen LogP contribution >= 0.6 is 0 Å². The van der Waals surface area contributed by atoms with Crippen molar-refractivity contribution >= 4 is 16.8 Å². The Morgan fingerprint density at radius 3 is 2.80 bits per heavy atom. The molecule has 0 saturated heterocycles. The second-order valence-electron chi connectivity index (χ2n) is 6.66. The molecule has 0 bridgehead atoms. The molecule has 0 saturated carbocycles. The van der Waals surface area contributed by atoms with E-state index in [9.17, 15) is 4.79 Å². The third kappa shape index (κ3) is 3.25. The summed E-state index contributed by atoms with van der Waals surface area (Å²) in [5.74, 6) is 0.891. The van der Waals surface area contributed by atoms with Crippen molar-refractivity contribution in [1.29, 1.82) is 0 Å². The molecule has 0 spiro atoms. The first-order valence-electron chi connectivity index (χ1n) is 8.73. The summed E-state index contributed by atoms with van der Waals surface area (Å²) >= 11 is 0. The van der Waals surface area contributed by atoms with Crippen molar-refractivity contribution in [1.82, 2.24) is 10.3 Å². The summed E-state index contributed by atoms with van der Waals surface area (Å²) in [4.78, 5) is 15.9. The number of aromatic nitrogens is 1. The van der Waals surface area contributed by atoms with Gasteiger partial charge in [0.25, 0.3) is 0 Å². The number of aryl methyl sites for hydroxylation is 1. The van der Waals surface area contributed by atoms with Crippen LogP contribution in [0.15, 0.2) is 48.5 Å². The number of rotatable bonds is 4. The predicted molar refractivity (Wildman–Crippen MR) is 99.0 cm³/mol. The third-order valence-electron chi connectivity index (χ3n) is 4.98. The molecule has 1 heterocycles. The van der Waals surface area contributed by atoms with E-state index in [-0.39, 0.29) is 11.9 Å². The highest BCUT2D eigenvalue weighted by molar-refractivity contribution is 5.85. The standard InChI is InChI=1S/C21H22N2O2/c1-25-16-9-6-14(7-10-16)12-21(24)22-15-8-11-20-18(13-15)17-4-2-3-5-19(17)23-20/h2-7,9-10,15,23H,8,11-13H2,1H3,(H,22,24). The number of ether oxygens (including phenoxy) is 1. The Kier molecular flexibility index (Phi) is 4.18. The van der Waals surface area contributed by atoms with Crippen molar-refractivity contribution in [2.24, 2.45) is 0 Å². The van der Waals surface area contributed by atoms with Gasteiger partial charge in [0, 0.05) is 22.6 Å². The molecule has 1 aliphatic rings. The van der Waals surface area contributed by atoms with Gasteiger partial charge in [-0.15, -0.1) is 0 Å². The molecule has 1 atom stereocenters. The Labute approximate surface area is 147 Å². The Bertz CT molecular complexity index is 896. The summed E-state index contributed by atoms with van der Waals surface area (Å²) in [7, 11) is 1.64. The van der Waals surface area contributed by atoms with Crippen molar-refractivity contribution in [3.05, 3.63) is 65.4 Å². The van der Waals surface area contributed by atoms with E-state index in [0.29, 0.717) is 6.42 Å². The van der Waals surface area contributed by atoms with Gasteiger partial charge in [-0.05, 0) is 48.6 Å². The van der Waals surface area contributed by atoms with Gasteiger partial charge in [-0.3, -0.25) is 4.79 Å². The number of fused-ring (bicyclic) bond motifs is 3. The molecule has 0 fully saturated rings. The highest BCUT2D eigenvalue weighted by atomic mass is 16.5. The van der Waals surface area contributed by atoms with Crippen LogP contribution in [0.5, 0.6) is 5.75 Å². The fourth-order valence-electron chi connectivity index (χ4n) is 3.70. The van der Waals surface area contributed by atoms with E-state index in [1.807, 2.05) is 24.3 Å². The minimum atomic E-state index is 0.0819. The van der Waals surface area contributed by atoms with Crippen LogP contribution in [-0.4, -0.2) is 24.0 Å². The SMILES string of the molecule is COc1ccc(CC(=O)NC2CCc3[nH]c4ccccc4c3C2)cc1. The summed E-state index contributed by atoms with van der Waals surface area (Å²) in [6.07, 6.45) is 3.26. The minimum absolute atomic E-state index is 0.0819. The zero-order chi connectivity index (χ0) is 17.2. The van der Waals surface area contributed by atoms with Crippen LogP contribution in [0, 0.1) is 0 Å². The molecule has 2 aromatic carbocycles. The van der Waals surface area contributed by atoms with Gasteiger partial charge in [0.15, 0.2) is 0 Å². The van der Waals surface area contributed by atoms with E-state index in [1.165, 1.54) is 22.2 Å². The van der Waals surface area contributed by atoms with Crippen molar-refractivity contribution in [2.75, 3.05) is 7.11 Å². The maximum Gasteiger partial charge on any atom is 0.224 e. The average molecular weight is 334 g/mol. The van der Waals surface area contributed by atoms with Gasteiger partial charge in [0.1, 0.15) is 5.75 Å². The minimum Gasteiger partial charge on any atom is -0.497 e. The van der Waals surface area contributed by atoms with Crippen LogP contribution in [0.25, 0.3) is 10.9 Å². The first kappa shape index (κ1) is 15.8. The summed E-state index contributed by atoms with van der Waals surface area (Å²) < 4.78 is 5.15. The maximum atomic E-state index is 12.4. The predicted octanol–water partition coefficient (Wildman–Crippen LogP) is 3.39. The number of H-pyrrole nitrogens is 1. The van der Waals surface area contributed by atoms with Gasteiger partial charge >= 0.3 is 0 Å². The number of hydrogen-bond donors (Lipinski definition) is 2. The van der Waals surface area contributed by atoms with E-state index in [4.69, 9.17) is 4.74 Å². The smallest absolute Gasteiger partial charge is 0.224 e. The summed E-state index contributed by atoms with van der Waals surface area (Å²) in [5, 5.41) is 4.49. The molecule has 3 aromatic rings. The van der Waals surface area contributed by atoms with Gasteiger partial charge in [-0.2, -0.15) is 0 Å². The molecule has 1 amide bonds. The molecule has 1 aliphatic carbocycles. The van der Waals surface area contributed by atoms with Crippen LogP contribution < -0.4 is 10.1 Å². The van der Waals surface area contributed by atoms with Crippen LogP contribution in [0.2, 0.25) is 0 Å². The van der Waals surface area contributed by atoms with Crippen LogP contribution in [0.1, 0.15) is 23.2 Å². The fraction of sp³-hybridized carbons (Fsp3) is 0.286. The first-order chi connectivity index (χ1) is 12.2. The summed E-state index contributed by atoms with van der Waals surface area (Å²) in [6.45, 7) is 0. The Hall–Kier alpha value is -2.75. The van der Waals surface area contributed by atoms with Crippen molar-refractivity contribution < 1.29 is 9.53 Å². The number of para-hydroxylation sites is 1. The molecule has 4 rings (SSSR count). The molecule has 1 unspecified atom stereocenters. The lowest BCUT2D eigenvalue weighted by atomic mass is 9.91. The van der Waals surface area contributed by atoms with Crippen molar-refractivity contribution in [2.45, 2.75) is 31.7 Å². The van der Waals surface area contributed by atoms with E-state index < -0.39 is 0 Å². The summed E-state index contributed by atoms with van der Waals surface area (Å²) in [5.41, 5.74) is 4.87. The molecule has 0 radical (unpaired) electrons. The van der Waals surface area contributed by atoms with Crippen molar-refractivity contribution in [3.63, 3.8) is 0 Å². The van der Waals surface area contributed by atoms with Gasteiger partial charge < -0.3 is 15.0 Å². The molecule has 4 heteroatoms. The second kappa shape index (κ2) is 6.63. The molecular weight excluding hydrogens is 312 g/mol. The van der Waals surface area contributed by atoms with E-state index in [0.717, 1.165) is 30.6 Å². The van der Waals surface area contributed by atoms with Gasteiger partial charge in [-0.25, -0.2) is 0 Å². The molecule has 1 aromatic heterocycles. The number of aromatic amines is 1. The van der Waals surface area contributed by atoms with Crippen LogP contribution in [0.3, 0.4) is 0 Å². The number of hydrogen-bond acceptors (Lipinski definition) is 2. The Morgan fingerprint density at radius 2 is 2.00 bits per heavy atom. The molecule has 128 valence electrons. The zero-order valence-electron chi connectivity index (χ0n) is 14.3. The quantitative estimate of drug-likeness (QED) is 0.768. The molecule has 4 nitrogen and oxygen atoms in total. The number of amides is 1. The highest BCUT2D eigenvalue weighted by Crippen LogP contribution is 2.29. The number of benzene rings is 2. The van der Waals surface area contributed by atoms with Crippen LogP contribution in [0.4, 0.5) is 0 Å². The largest absolute Gasteiger partial charge is 0.497 e. The van der Waals surface area contributed by atoms with E-state index in [2.05, 4.69) is 34.6 Å². The lowest BCUT2D eigenvalue weighted by molar-refractivity contribution is -0.121. The zero-order valence-corrected chi connectivity index (χ0v) is 14.3. The van der Waals surface area contributed by atoms with Crippen molar-refractivity contribution in [3.8, 4) is 5.75 Å². The van der Waals surface area contributed by atoms with Gasteiger partial charge in [0.05, 0.1) is 13.5 Å². The number of carbonyl (C=O) groups excluding carboxylic acids is 1. The fourth-order valence-corrected chi connectivity index (χ4v) is 3.70. The molecular formula is C21H22N2O2. The van der Waals surface area contributed by atoms with Crippen LogP contribution in [-0.2, 0) is 24.1 Å². The number of methoxy groups -OCH3 is 1. The Balaban J connectivity index is 1.42. The topological polar surface area (TPSA) is 54.1 Å². The number of nitrogens with one attached hydrogen (secondary N) is 2. The third-order valence-corrected chi connectivity index (χ3v) is 4.98. The first-order valence-corrected chi connectivity index (χ1v) is 8.73. The van der Waals surface area contributed by atoms with E-state index >= 15 is 0 Å². The van der Waals surface area contributed by atoms with E-state index in [1.54, 1.807) is 7.11 Å². The Morgan fingerprint density at radius 1 is 1.20 bits per heavy atom. The molecule has 25 heavy (non-hydrogen) atoms. The highest BCUT2D eigenvalue weighted by Gasteiger charge is 2.23. The summed E-state index contributed by atoms with van der Waals surface area (Å²) in [6, 6.07) is 16.3. The molecule has 2 N–H and O–H groups in total. The normalized spacial score (nSPS) is 16.4. The maximum absolute atomic E-state index is 12.4. The average Bonchev–Trinajstić information content (AvgIpc) is 3.00. The van der Waals surface area contributed by atoms with Gasteiger partial charge in [-0.1, -0.05) is 30.3 Å².